The van der Waals surface area contributed by atoms with Crippen molar-refractivity contribution in [3.05, 3.63) is 64.7 Å². The fourth-order valence-electron chi connectivity index (χ4n) is 1.46. The second-order valence-corrected chi connectivity index (χ2v) is 4.31. The van der Waals surface area contributed by atoms with E-state index in [4.69, 9.17) is 17.3 Å². The molecule has 3 N–H and O–H groups in total. The van der Waals surface area contributed by atoms with Crippen LogP contribution in [-0.4, -0.2) is 12.1 Å². The van der Waals surface area contributed by atoms with Gasteiger partial charge in [-0.05, 0) is 35.9 Å². The molecule has 0 spiro atoms. The molecule has 0 aliphatic rings. The van der Waals surface area contributed by atoms with Crippen LogP contribution in [0.1, 0.15) is 15.9 Å². The molecule has 0 aliphatic heterocycles. The molecular weight excluding hydrogens is 262 g/mol. The predicted octanol–water partition coefficient (Wildman–Crippen LogP) is 2.69. The molecule has 1 amide bonds. The van der Waals surface area contributed by atoms with Crippen LogP contribution in [0.3, 0.4) is 0 Å². The van der Waals surface area contributed by atoms with Gasteiger partial charge < -0.3 is 5.73 Å². The van der Waals surface area contributed by atoms with Crippen molar-refractivity contribution in [3.8, 4) is 0 Å². The fraction of sp³-hybridized carbons (Fsp3) is 0. The molecule has 0 bridgehead atoms. The number of nitrogens with zero attached hydrogens (tertiary/aromatic N) is 1. The zero-order chi connectivity index (χ0) is 13.7. The number of carbonyl (C=O) groups is 1. The Hall–Kier alpha value is -2.33. The van der Waals surface area contributed by atoms with Gasteiger partial charge in [-0.25, -0.2) is 5.43 Å². The Balaban J connectivity index is 1.98. The van der Waals surface area contributed by atoms with Gasteiger partial charge in [0.15, 0.2) is 0 Å². The molecule has 0 saturated heterocycles. The minimum absolute atomic E-state index is 0.308. The van der Waals surface area contributed by atoms with E-state index in [9.17, 15) is 4.79 Å². The monoisotopic (exact) mass is 273 g/mol. The third-order valence-corrected chi connectivity index (χ3v) is 2.65. The Kier molecular flexibility index (Phi) is 4.15. The van der Waals surface area contributed by atoms with E-state index in [0.29, 0.717) is 16.3 Å². The van der Waals surface area contributed by atoms with Crippen molar-refractivity contribution < 1.29 is 4.79 Å². The topological polar surface area (TPSA) is 67.5 Å². The minimum atomic E-state index is -0.308. The molecule has 2 rings (SSSR count). The summed E-state index contributed by atoms with van der Waals surface area (Å²) in [5.41, 5.74) is 9.88. The highest BCUT2D eigenvalue weighted by molar-refractivity contribution is 6.30. The predicted molar refractivity (Wildman–Crippen MR) is 77.4 cm³/mol. The Morgan fingerprint density at radius 3 is 2.63 bits per heavy atom. The first-order valence-electron chi connectivity index (χ1n) is 5.59. The molecule has 0 heterocycles. The van der Waals surface area contributed by atoms with Crippen molar-refractivity contribution in [1.82, 2.24) is 5.43 Å². The van der Waals surface area contributed by atoms with Crippen LogP contribution < -0.4 is 11.2 Å². The molecule has 5 heteroatoms. The van der Waals surface area contributed by atoms with Crippen molar-refractivity contribution in [3.63, 3.8) is 0 Å². The van der Waals surface area contributed by atoms with Crippen molar-refractivity contribution in [1.29, 1.82) is 0 Å². The summed E-state index contributed by atoms with van der Waals surface area (Å²) in [7, 11) is 0. The van der Waals surface area contributed by atoms with Gasteiger partial charge in [-0.15, -0.1) is 0 Å². The van der Waals surface area contributed by atoms with Gasteiger partial charge in [0.2, 0.25) is 0 Å². The van der Waals surface area contributed by atoms with Crippen molar-refractivity contribution >= 4 is 29.4 Å². The molecule has 0 aromatic heterocycles. The number of hydrazone groups is 1. The van der Waals surface area contributed by atoms with Gasteiger partial charge in [-0.3, -0.25) is 4.79 Å². The first-order chi connectivity index (χ1) is 9.15. The lowest BCUT2D eigenvalue weighted by atomic mass is 10.2. The third-order valence-electron chi connectivity index (χ3n) is 2.40. The average molecular weight is 274 g/mol. The molecule has 96 valence electrons. The van der Waals surface area contributed by atoms with Crippen molar-refractivity contribution in [2.24, 2.45) is 5.10 Å². The van der Waals surface area contributed by atoms with Crippen molar-refractivity contribution in [2.45, 2.75) is 0 Å². The van der Waals surface area contributed by atoms with Crippen LogP contribution in [-0.2, 0) is 0 Å². The van der Waals surface area contributed by atoms with E-state index in [2.05, 4.69) is 10.5 Å². The van der Waals surface area contributed by atoms with Crippen LogP contribution in [0, 0.1) is 0 Å². The summed E-state index contributed by atoms with van der Waals surface area (Å²) < 4.78 is 0. The standard InChI is InChI=1S/C14H12ClN3O/c15-12-6-4-10(5-7-12)9-17-18-14(19)11-2-1-3-13(16)8-11/h1-9H,16H2,(H,18,19)/b17-9-. The van der Waals surface area contributed by atoms with E-state index in [-0.39, 0.29) is 5.91 Å². The highest BCUT2D eigenvalue weighted by atomic mass is 35.5. The maximum absolute atomic E-state index is 11.7. The first kappa shape index (κ1) is 13.1. The number of halogens is 1. The smallest absolute Gasteiger partial charge is 0.271 e. The first-order valence-corrected chi connectivity index (χ1v) is 5.97. The number of anilines is 1. The maximum atomic E-state index is 11.7. The van der Waals surface area contributed by atoms with Gasteiger partial charge in [-0.1, -0.05) is 29.8 Å². The number of amides is 1. The highest BCUT2D eigenvalue weighted by Gasteiger charge is 2.03. The van der Waals surface area contributed by atoms with E-state index < -0.39 is 0 Å². The van der Waals surface area contributed by atoms with E-state index in [1.165, 1.54) is 0 Å². The number of nitrogen functional groups attached to an aromatic ring is 1. The second kappa shape index (κ2) is 6.02. The summed E-state index contributed by atoms with van der Waals surface area (Å²) in [6.45, 7) is 0. The van der Waals surface area contributed by atoms with Crippen LogP contribution in [0.4, 0.5) is 5.69 Å². The van der Waals surface area contributed by atoms with E-state index in [1.54, 1.807) is 54.7 Å². The quantitative estimate of drug-likeness (QED) is 0.513. The van der Waals surface area contributed by atoms with E-state index in [1.807, 2.05) is 0 Å². The SMILES string of the molecule is Nc1cccc(C(=O)N/N=C\c2ccc(Cl)cc2)c1. The third kappa shape index (κ3) is 3.82. The Morgan fingerprint density at radius 1 is 1.21 bits per heavy atom. The van der Waals surface area contributed by atoms with Gasteiger partial charge >= 0.3 is 0 Å². The number of hydrogen-bond donors (Lipinski definition) is 2. The van der Waals surface area contributed by atoms with Crippen LogP contribution in [0.5, 0.6) is 0 Å². The molecule has 0 unspecified atom stereocenters. The lowest BCUT2D eigenvalue weighted by molar-refractivity contribution is 0.0955. The number of benzene rings is 2. The number of carbonyl (C=O) groups excluding carboxylic acids is 1. The zero-order valence-electron chi connectivity index (χ0n) is 10.0. The van der Waals surface area contributed by atoms with E-state index in [0.717, 1.165) is 5.56 Å². The summed E-state index contributed by atoms with van der Waals surface area (Å²) in [6.07, 6.45) is 1.54. The summed E-state index contributed by atoms with van der Waals surface area (Å²) in [5, 5.41) is 4.52. The summed E-state index contributed by atoms with van der Waals surface area (Å²) >= 11 is 5.76. The second-order valence-electron chi connectivity index (χ2n) is 3.88. The molecule has 0 atom stereocenters. The van der Waals surface area contributed by atoms with Crippen LogP contribution >= 0.6 is 11.6 Å². The molecule has 0 radical (unpaired) electrons. The molecular formula is C14H12ClN3O. The summed E-state index contributed by atoms with van der Waals surface area (Å²) in [5.74, 6) is -0.308. The van der Waals surface area contributed by atoms with Gasteiger partial charge in [-0.2, -0.15) is 5.10 Å². The number of rotatable bonds is 3. The zero-order valence-corrected chi connectivity index (χ0v) is 10.8. The number of hydrogen-bond acceptors (Lipinski definition) is 3. The molecule has 4 nitrogen and oxygen atoms in total. The van der Waals surface area contributed by atoms with Gasteiger partial charge in [0.25, 0.3) is 5.91 Å². The van der Waals surface area contributed by atoms with Crippen LogP contribution in [0.2, 0.25) is 5.02 Å². The molecule has 0 saturated carbocycles. The Labute approximate surface area is 115 Å². The number of nitrogens with one attached hydrogen (secondary N) is 1. The Bertz CT molecular complexity index is 608. The molecule has 2 aromatic rings. The van der Waals surface area contributed by atoms with Gasteiger partial charge in [0, 0.05) is 16.3 Å². The maximum Gasteiger partial charge on any atom is 0.271 e. The Morgan fingerprint density at radius 2 is 1.95 bits per heavy atom. The molecule has 2 aromatic carbocycles. The van der Waals surface area contributed by atoms with Crippen LogP contribution in [0.15, 0.2) is 53.6 Å². The number of nitrogens with two attached hydrogens (primary N) is 1. The van der Waals surface area contributed by atoms with Crippen molar-refractivity contribution in [2.75, 3.05) is 5.73 Å². The highest BCUT2D eigenvalue weighted by Crippen LogP contribution is 2.08. The summed E-state index contributed by atoms with van der Waals surface area (Å²) in [4.78, 5) is 11.7. The minimum Gasteiger partial charge on any atom is -0.399 e. The van der Waals surface area contributed by atoms with Gasteiger partial charge in [0.05, 0.1) is 6.21 Å². The molecule has 0 fully saturated rings. The molecule has 0 aliphatic carbocycles. The lowest BCUT2D eigenvalue weighted by Crippen LogP contribution is -2.17. The van der Waals surface area contributed by atoms with Gasteiger partial charge in [0.1, 0.15) is 0 Å². The normalized spacial score (nSPS) is 10.6. The lowest BCUT2D eigenvalue weighted by Gasteiger charge is -2.00. The molecule has 19 heavy (non-hydrogen) atoms. The fourth-order valence-corrected chi connectivity index (χ4v) is 1.58. The average Bonchev–Trinajstić information content (AvgIpc) is 2.41. The largest absolute Gasteiger partial charge is 0.399 e. The van der Waals surface area contributed by atoms with Crippen LogP contribution in [0.25, 0.3) is 0 Å². The summed E-state index contributed by atoms with van der Waals surface area (Å²) in [6, 6.07) is 13.8. The van der Waals surface area contributed by atoms with E-state index >= 15 is 0 Å².